The maximum atomic E-state index is 13.4. The lowest BCUT2D eigenvalue weighted by Crippen LogP contribution is -2.53. The van der Waals surface area contributed by atoms with Crippen LogP contribution in [0.5, 0.6) is 0 Å². The summed E-state index contributed by atoms with van der Waals surface area (Å²) in [5, 5.41) is 0. The van der Waals surface area contributed by atoms with E-state index in [4.69, 9.17) is 4.74 Å². The highest BCUT2D eigenvalue weighted by Gasteiger charge is 2.37. The fraction of sp³-hybridized carbons (Fsp3) is 0.429. The molecule has 0 radical (unpaired) electrons. The van der Waals surface area contributed by atoms with Crippen molar-refractivity contribution < 1.29 is 14.3 Å². The van der Waals surface area contributed by atoms with E-state index in [0.717, 1.165) is 48.2 Å². The van der Waals surface area contributed by atoms with E-state index in [1.165, 1.54) is 16.7 Å². The van der Waals surface area contributed by atoms with Crippen molar-refractivity contribution in [1.29, 1.82) is 0 Å². The van der Waals surface area contributed by atoms with Crippen LogP contribution in [-0.2, 0) is 20.7 Å². The highest BCUT2D eigenvalue weighted by atomic mass is 16.5. The third-order valence-electron chi connectivity index (χ3n) is 6.73. The van der Waals surface area contributed by atoms with Crippen molar-refractivity contribution in [1.82, 2.24) is 0 Å². The molecular formula is C28H34N2O3. The van der Waals surface area contributed by atoms with Crippen LogP contribution in [0.2, 0.25) is 0 Å². The highest BCUT2D eigenvalue weighted by molar-refractivity contribution is 6.06. The third-order valence-corrected chi connectivity index (χ3v) is 6.73. The zero-order valence-corrected chi connectivity index (χ0v) is 20.2. The van der Waals surface area contributed by atoms with Gasteiger partial charge in [-0.05, 0) is 80.8 Å². The molecule has 33 heavy (non-hydrogen) atoms. The van der Waals surface area contributed by atoms with E-state index >= 15 is 0 Å². The quantitative estimate of drug-likeness (QED) is 0.575. The van der Waals surface area contributed by atoms with E-state index in [2.05, 4.69) is 50.8 Å². The molecule has 2 atom stereocenters. The summed E-state index contributed by atoms with van der Waals surface area (Å²) in [6, 6.07) is 12.5. The Bertz CT molecular complexity index is 1080. The molecule has 4 rings (SSSR count). The topological polar surface area (TPSA) is 49.9 Å². The molecule has 0 aliphatic carbocycles. The minimum Gasteiger partial charge on any atom is -0.368 e. The Morgan fingerprint density at radius 1 is 1.09 bits per heavy atom. The predicted molar refractivity (Wildman–Crippen MR) is 134 cm³/mol. The van der Waals surface area contributed by atoms with E-state index in [1.54, 1.807) is 11.8 Å². The van der Waals surface area contributed by atoms with Crippen LogP contribution in [0.1, 0.15) is 51.2 Å². The number of benzene rings is 2. The largest absolute Gasteiger partial charge is 0.368 e. The summed E-state index contributed by atoms with van der Waals surface area (Å²) in [6.45, 7) is 12.9. The summed E-state index contributed by atoms with van der Waals surface area (Å²) in [6.07, 6.45) is 3.18. The summed E-state index contributed by atoms with van der Waals surface area (Å²) in [5.74, 6) is -0.0230. The van der Waals surface area contributed by atoms with Gasteiger partial charge in [-0.1, -0.05) is 29.8 Å². The van der Waals surface area contributed by atoms with Gasteiger partial charge in [0.2, 0.25) is 5.91 Å². The van der Waals surface area contributed by atoms with Crippen molar-refractivity contribution in [3.8, 4) is 11.1 Å². The first-order valence-electron chi connectivity index (χ1n) is 11.9. The molecule has 174 valence electrons. The van der Waals surface area contributed by atoms with E-state index < -0.39 is 6.10 Å². The summed E-state index contributed by atoms with van der Waals surface area (Å²) in [4.78, 5) is 29.5. The van der Waals surface area contributed by atoms with Crippen molar-refractivity contribution in [2.45, 2.75) is 65.5 Å². The van der Waals surface area contributed by atoms with Crippen LogP contribution in [-0.4, -0.2) is 37.1 Å². The monoisotopic (exact) mass is 446 g/mol. The van der Waals surface area contributed by atoms with Crippen LogP contribution < -0.4 is 9.80 Å². The Morgan fingerprint density at radius 2 is 1.82 bits per heavy atom. The molecule has 0 N–H and O–H groups in total. The van der Waals surface area contributed by atoms with Gasteiger partial charge in [0.1, 0.15) is 6.10 Å². The number of carbonyl (C=O) groups is 2. The summed E-state index contributed by atoms with van der Waals surface area (Å²) < 4.78 is 5.70. The molecule has 5 nitrogen and oxygen atoms in total. The SMILES string of the molecule is C=C(C)CCc1cc(-c2ccc3c(c2)N(C(=O)C2CCCO2)C[C@H](C)N3C(C)=O)ccc1C. The van der Waals surface area contributed by atoms with Crippen molar-refractivity contribution in [3.05, 3.63) is 59.7 Å². The first kappa shape index (κ1) is 23.2. The minimum absolute atomic E-state index is 0.00740. The molecular weight excluding hydrogens is 412 g/mol. The Kier molecular flexibility index (Phi) is 6.71. The van der Waals surface area contributed by atoms with Crippen LogP contribution in [0.3, 0.4) is 0 Å². The molecule has 1 saturated heterocycles. The number of hydrogen-bond donors (Lipinski definition) is 0. The number of allylic oxidation sites excluding steroid dienone is 1. The number of anilines is 2. The number of hydrogen-bond acceptors (Lipinski definition) is 3. The van der Waals surface area contributed by atoms with Gasteiger partial charge in [0, 0.05) is 20.1 Å². The second-order valence-corrected chi connectivity index (χ2v) is 9.49. The molecule has 5 heteroatoms. The van der Waals surface area contributed by atoms with Gasteiger partial charge in [0.25, 0.3) is 5.91 Å². The van der Waals surface area contributed by atoms with E-state index in [0.29, 0.717) is 13.2 Å². The van der Waals surface area contributed by atoms with E-state index in [-0.39, 0.29) is 17.9 Å². The Hall–Kier alpha value is -2.92. The van der Waals surface area contributed by atoms with Gasteiger partial charge in [-0.25, -0.2) is 0 Å². The molecule has 2 heterocycles. The Morgan fingerprint density at radius 3 is 2.48 bits per heavy atom. The summed E-state index contributed by atoms with van der Waals surface area (Å²) >= 11 is 0. The maximum absolute atomic E-state index is 13.4. The molecule has 2 amide bonds. The Balaban J connectivity index is 1.75. The van der Waals surface area contributed by atoms with Gasteiger partial charge < -0.3 is 14.5 Å². The van der Waals surface area contributed by atoms with Crippen molar-refractivity contribution >= 4 is 23.2 Å². The highest BCUT2D eigenvalue weighted by Crippen LogP contribution is 2.40. The van der Waals surface area contributed by atoms with Crippen LogP contribution in [0.4, 0.5) is 11.4 Å². The smallest absolute Gasteiger partial charge is 0.256 e. The molecule has 0 saturated carbocycles. The summed E-state index contributed by atoms with van der Waals surface area (Å²) in [7, 11) is 0. The molecule has 2 aliphatic heterocycles. The summed E-state index contributed by atoms with van der Waals surface area (Å²) in [5.41, 5.74) is 7.46. The zero-order valence-electron chi connectivity index (χ0n) is 20.2. The van der Waals surface area contributed by atoms with Crippen molar-refractivity contribution in [3.63, 3.8) is 0 Å². The van der Waals surface area contributed by atoms with Crippen LogP contribution in [0.25, 0.3) is 11.1 Å². The van der Waals surface area contributed by atoms with Gasteiger partial charge in [-0.3, -0.25) is 9.59 Å². The first-order chi connectivity index (χ1) is 15.8. The standard InChI is InChI=1S/C28H34N2O3/c1-18(2)8-10-22-15-23(11-9-19(22)3)24-12-13-25-26(16-24)29(17-20(4)30(25)21(5)31)28(32)27-7-6-14-33-27/h9,11-13,15-16,20,27H,1,6-8,10,14,17H2,2-5H3/t20-,27?/m0/s1. The first-order valence-corrected chi connectivity index (χ1v) is 11.9. The average Bonchev–Trinajstić information content (AvgIpc) is 3.32. The second kappa shape index (κ2) is 9.52. The zero-order chi connectivity index (χ0) is 23.7. The molecule has 0 aromatic heterocycles. The number of nitrogens with zero attached hydrogens (tertiary/aromatic N) is 2. The van der Waals surface area contributed by atoms with Crippen LogP contribution >= 0.6 is 0 Å². The number of ether oxygens (including phenoxy) is 1. The maximum Gasteiger partial charge on any atom is 0.256 e. The number of carbonyl (C=O) groups excluding carboxylic acids is 2. The molecule has 2 aromatic carbocycles. The fourth-order valence-electron chi connectivity index (χ4n) is 4.91. The van der Waals surface area contributed by atoms with Gasteiger partial charge in [0.15, 0.2) is 0 Å². The number of amides is 2. The molecule has 1 fully saturated rings. The van der Waals surface area contributed by atoms with Crippen molar-refractivity contribution in [2.24, 2.45) is 0 Å². The predicted octanol–water partition coefficient (Wildman–Crippen LogP) is 5.44. The number of rotatable bonds is 5. The number of fused-ring (bicyclic) bond motifs is 1. The lowest BCUT2D eigenvalue weighted by Gasteiger charge is -2.41. The molecule has 2 aliphatic rings. The molecule has 2 aromatic rings. The van der Waals surface area contributed by atoms with Crippen molar-refractivity contribution in [2.75, 3.05) is 23.0 Å². The van der Waals surface area contributed by atoms with Crippen LogP contribution in [0, 0.1) is 6.92 Å². The van der Waals surface area contributed by atoms with Gasteiger partial charge >= 0.3 is 0 Å². The normalized spacial score (nSPS) is 20.0. The third kappa shape index (κ3) is 4.74. The van der Waals surface area contributed by atoms with E-state index in [9.17, 15) is 9.59 Å². The lowest BCUT2D eigenvalue weighted by atomic mass is 9.95. The van der Waals surface area contributed by atoms with Gasteiger partial charge in [0.05, 0.1) is 17.4 Å². The molecule has 0 spiro atoms. The lowest BCUT2D eigenvalue weighted by molar-refractivity contribution is -0.127. The fourth-order valence-corrected chi connectivity index (χ4v) is 4.91. The number of aryl methyl sites for hydroxylation is 2. The van der Waals surface area contributed by atoms with Gasteiger partial charge in [-0.2, -0.15) is 0 Å². The molecule has 1 unspecified atom stereocenters. The average molecular weight is 447 g/mol. The minimum atomic E-state index is -0.397. The van der Waals surface area contributed by atoms with Crippen LogP contribution in [0.15, 0.2) is 48.6 Å². The second-order valence-electron chi connectivity index (χ2n) is 9.49. The Labute approximate surface area is 197 Å². The molecule has 0 bridgehead atoms. The van der Waals surface area contributed by atoms with Gasteiger partial charge in [-0.15, -0.1) is 6.58 Å². The van der Waals surface area contributed by atoms with E-state index in [1.807, 2.05) is 17.9 Å².